The molecule has 0 spiro atoms. The molecule has 1 aromatic carbocycles. The van der Waals surface area contributed by atoms with Crippen LogP contribution in [0.25, 0.3) is 0 Å². The Morgan fingerprint density at radius 2 is 1.08 bits per heavy atom. The van der Waals surface area contributed by atoms with Crippen LogP contribution in [0.3, 0.4) is 0 Å². The Balaban J connectivity index is 2.48. The second kappa shape index (κ2) is 23.1. The monoisotopic (exact) mass is 534 g/mol. The van der Waals surface area contributed by atoms with Gasteiger partial charge in [-0.25, -0.2) is 0 Å². The number of carbonyl (C=O) groups excluding carboxylic acids is 1. The number of hydrogen-bond acceptors (Lipinski definition) is 4. The number of benzene rings is 1. The maximum Gasteiger partial charge on any atom is 0.222 e. The van der Waals surface area contributed by atoms with Crippen molar-refractivity contribution in [3.05, 3.63) is 29.8 Å². The third kappa shape index (κ3) is 17.4. The molecule has 0 saturated heterocycles. The van der Waals surface area contributed by atoms with Crippen LogP contribution in [0, 0.1) is 11.8 Å². The highest BCUT2D eigenvalue weighted by atomic mass is 32.2. The van der Waals surface area contributed by atoms with E-state index in [1.165, 1.54) is 89.9 Å². The van der Waals surface area contributed by atoms with Crippen molar-refractivity contribution in [1.82, 2.24) is 0 Å². The Morgan fingerprint density at radius 1 is 0.676 bits per heavy atom. The quantitative estimate of drug-likeness (QED) is 0.0541. The molecule has 0 saturated carbocycles. The molecule has 3 nitrogen and oxygen atoms in total. The van der Waals surface area contributed by atoms with Crippen LogP contribution in [0.2, 0.25) is 0 Å². The Morgan fingerprint density at radius 3 is 1.49 bits per heavy atom. The molecule has 4 heteroatoms. The fraction of sp³-hybridized carbons (Fsp3) is 0.788. The fourth-order valence-corrected chi connectivity index (χ4v) is 5.07. The number of thioether (sulfide) groups is 1. The summed E-state index contributed by atoms with van der Waals surface area (Å²) in [5.74, 6) is 0.802. The van der Waals surface area contributed by atoms with E-state index in [1.807, 2.05) is 30.5 Å². The SMILES string of the molecule is CCCCCCCCCC(C)COC(OCC(C)CCCCCCCCC)C(=O)c1ccc(SC)cc1. The molecule has 1 aromatic rings. The molecule has 0 radical (unpaired) electrons. The zero-order valence-corrected chi connectivity index (χ0v) is 25.7. The van der Waals surface area contributed by atoms with E-state index in [-0.39, 0.29) is 5.78 Å². The second-order valence-electron chi connectivity index (χ2n) is 11.1. The molecular formula is C33H58O3S. The van der Waals surface area contributed by atoms with Gasteiger partial charge >= 0.3 is 0 Å². The van der Waals surface area contributed by atoms with Crippen LogP contribution in [0.4, 0.5) is 0 Å². The minimum atomic E-state index is -0.812. The summed E-state index contributed by atoms with van der Waals surface area (Å²) in [5, 5.41) is 0. The number of unbranched alkanes of at least 4 members (excludes halogenated alkanes) is 12. The molecule has 0 amide bonds. The molecule has 0 aliphatic carbocycles. The first-order valence-corrected chi connectivity index (χ1v) is 16.7. The minimum absolute atomic E-state index is 0.0566. The van der Waals surface area contributed by atoms with Gasteiger partial charge in [-0.1, -0.05) is 130 Å². The Labute approximate surface area is 234 Å². The molecule has 0 heterocycles. The number of ketones is 1. The molecule has 214 valence electrons. The second-order valence-corrected chi connectivity index (χ2v) is 12.0. The van der Waals surface area contributed by atoms with E-state index < -0.39 is 6.29 Å². The summed E-state index contributed by atoms with van der Waals surface area (Å²) in [6.07, 6.45) is 22.0. The van der Waals surface area contributed by atoms with Gasteiger partial charge in [-0.15, -0.1) is 11.8 Å². The van der Waals surface area contributed by atoms with E-state index in [1.54, 1.807) is 11.8 Å². The predicted molar refractivity (Wildman–Crippen MR) is 162 cm³/mol. The third-order valence-corrected chi connectivity index (χ3v) is 8.00. The first kappa shape index (κ1) is 34.2. The average molecular weight is 535 g/mol. The van der Waals surface area contributed by atoms with E-state index in [2.05, 4.69) is 27.7 Å². The highest BCUT2D eigenvalue weighted by Gasteiger charge is 2.23. The summed E-state index contributed by atoms with van der Waals surface area (Å²) in [4.78, 5) is 14.4. The van der Waals surface area contributed by atoms with Crippen LogP contribution in [0.1, 0.15) is 141 Å². The van der Waals surface area contributed by atoms with E-state index in [9.17, 15) is 4.79 Å². The van der Waals surface area contributed by atoms with Crippen molar-refractivity contribution in [3.8, 4) is 0 Å². The Kier molecular flexibility index (Phi) is 21.3. The minimum Gasteiger partial charge on any atom is -0.345 e. The summed E-state index contributed by atoms with van der Waals surface area (Å²) >= 11 is 1.68. The summed E-state index contributed by atoms with van der Waals surface area (Å²) in [7, 11) is 0. The van der Waals surface area contributed by atoms with Crippen LogP contribution < -0.4 is 0 Å². The highest BCUT2D eigenvalue weighted by molar-refractivity contribution is 7.98. The van der Waals surface area contributed by atoms with Gasteiger partial charge in [0.1, 0.15) is 0 Å². The number of Topliss-reactive ketones (excluding diaryl/α,β-unsaturated/α-hetero) is 1. The van der Waals surface area contributed by atoms with Crippen molar-refractivity contribution < 1.29 is 14.3 Å². The molecule has 2 atom stereocenters. The zero-order chi connectivity index (χ0) is 27.1. The largest absolute Gasteiger partial charge is 0.345 e. The molecule has 0 bridgehead atoms. The summed E-state index contributed by atoms with van der Waals surface area (Å²) in [5.41, 5.74) is 0.669. The Hall–Kier alpha value is -0.840. The van der Waals surface area contributed by atoms with Gasteiger partial charge in [0, 0.05) is 10.5 Å². The smallest absolute Gasteiger partial charge is 0.222 e. The van der Waals surface area contributed by atoms with Crippen LogP contribution >= 0.6 is 11.8 Å². The van der Waals surface area contributed by atoms with Gasteiger partial charge in [0.05, 0.1) is 13.2 Å². The van der Waals surface area contributed by atoms with Crippen LogP contribution in [-0.2, 0) is 9.47 Å². The van der Waals surface area contributed by atoms with Gasteiger partial charge < -0.3 is 9.47 Å². The summed E-state index contributed by atoms with van der Waals surface area (Å²) in [6.45, 7) is 10.1. The van der Waals surface area contributed by atoms with Gasteiger partial charge in [-0.3, -0.25) is 4.79 Å². The zero-order valence-electron chi connectivity index (χ0n) is 24.9. The van der Waals surface area contributed by atoms with Crippen LogP contribution in [-0.4, -0.2) is 31.5 Å². The number of rotatable bonds is 25. The van der Waals surface area contributed by atoms with E-state index in [0.717, 1.165) is 17.7 Å². The standard InChI is InChI=1S/C33H58O3S/c1-6-8-10-12-14-16-18-20-28(3)26-35-33(32(34)30-22-24-31(37-5)25-23-30)36-27-29(4)21-19-17-15-13-11-9-7-2/h22-25,28-29,33H,6-21,26-27H2,1-5H3. The van der Waals surface area contributed by atoms with Crippen molar-refractivity contribution in [2.75, 3.05) is 19.5 Å². The third-order valence-electron chi connectivity index (χ3n) is 7.25. The molecular weight excluding hydrogens is 476 g/mol. The average Bonchev–Trinajstić information content (AvgIpc) is 2.91. The van der Waals surface area contributed by atoms with Gasteiger partial charge in [0.15, 0.2) is 0 Å². The van der Waals surface area contributed by atoms with Crippen LogP contribution in [0.15, 0.2) is 29.2 Å². The molecule has 0 aliphatic heterocycles. The fourth-order valence-electron chi connectivity index (χ4n) is 4.66. The summed E-state index contributed by atoms with van der Waals surface area (Å²) in [6, 6.07) is 7.80. The lowest BCUT2D eigenvalue weighted by Gasteiger charge is -2.22. The number of hydrogen-bond donors (Lipinski definition) is 0. The summed E-state index contributed by atoms with van der Waals surface area (Å²) < 4.78 is 12.3. The van der Waals surface area contributed by atoms with Gasteiger partial charge in [0.2, 0.25) is 12.1 Å². The Bertz CT molecular complexity index is 632. The van der Waals surface area contributed by atoms with Gasteiger partial charge in [0.25, 0.3) is 0 Å². The maximum absolute atomic E-state index is 13.3. The van der Waals surface area contributed by atoms with E-state index in [4.69, 9.17) is 9.47 Å². The molecule has 0 aliphatic rings. The maximum atomic E-state index is 13.3. The van der Waals surface area contributed by atoms with Crippen LogP contribution in [0.5, 0.6) is 0 Å². The van der Waals surface area contributed by atoms with Gasteiger partial charge in [-0.2, -0.15) is 0 Å². The van der Waals surface area contributed by atoms with Crippen molar-refractivity contribution in [1.29, 1.82) is 0 Å². The highest BCUT2D eigenvalue weighted by Crippen LogP contribution is 2.20. The van der Waals surface area contributed by atoms with Crippen molar-refractivity contribution in [3.63, 3.8) is 0 Å². The molecule has 0 fully saturated rings. The lowest BCUT2D eigenvalue weighted by Crippen LogP contribution is -2.31. The molecule has 0 aromatic heterocycles. The lowest BCUT2D eigenvalue weighted by atomic mass is 10.0. The van der Waals surface area contributed by atoms with Gasteiger partial charge in [-0.05, 0) is 43.1 Å². The molecule has 0 N–H and O–H groups in total. The lowest BCUT2D eigenvalue weighted by molar-refractivity contribution is -0.128. The van der Waals surface area contributed by atoms with Crippen molar-refractivity contribution in [2.24, 2.45) is 11.8 Å². The first-order valence-electron chi connectivity index (χ1n) is 15.4. The van der Waals surface area contributed by atoms with E-state index >= 15 is 0 Å². The molecule has 2 unspecified atom stereocenters. The van der Waals surface area contributed by atoms with E-state index in [0.29, 0.717) is 30.6 Å². The van der Waals surface area contributed by atoms with Crippen molar-refractivity contribution in [2.45, 2.75) is 142 Å². The normalized spacial score (nSPS) is 14.0. The predicted octanol–water partition coefficient (Wildman–Crippen LogP) is 10.5. The van der Waals surface area contributed by atoms with Crippen molar-refractivity contribution >= 4 is 17.5 Å². The first-order chi connectivity index (χ1) is 18.0. The number of carbonyl (C=O) groups is 1. The topological polar surface area (TPSA) is 35.5 Å². The number of ether oxygens (including phenoxy) is 2. The molecule has 1 rings (SSSR count). The molecule has 37 heavy (non-hydrogen) atoms.